The van der Waals surface area contributed by atoms with Gasteiger partial charge in [-0.05, 0) is 55.8 Å². The maximum absolute atomic E-state index is 8.91. The molecule has 17 heavy (non-hydrogen) atoms. The molecule has 1 aromatic carbocycles. The molecule has 0 fully saturated rings. The SMILES string of the molecule is Cc1ccc(CNCCCC(C)CO)cc1C. The Hall–Kier alpha value is -0.860. The van der Waals surface area contributed by atoms with Gasteiger partial charge in [0.25, 0.3) is 0 Å². The van der Waals surface area contributed by atoms with E-state index in [-0.39, 0.29) is 0 Å². The number of benzene rings is 1. The molecule has 0 aliphatic rings. The van der Waals surface area contributed by atoms with Crippen molar-refractivity contribution in [2.24, 2.45) is 5.92 Å². The number of nitrogens with one attached hydrogen (secondary N) is 1. The first-order valence-electron chi connectivity index (χ1n) is 6.51. The van der Waals surface area contributed by atoms with E-state index in [0.717, 1.165) is 25.9 Å². The minimum atomic E-state index is 0.303. The Morgan fingerprint density at radius 1 is 1.24 bits per heavy atom. The maximum atomic E-state index is 8.91. The van der Waals surface area contributed by atoms with E-state index < -0.39 is 0 Å². The number of aliphatic hydroxyl groups is 1. The molecule has 0 aliphatic carbocycles. The van der Waals surface area contributed by atoms with Gasteiger partial charge in [-0.15, -0.1) is 0 Å². The van der Waals surface area contributed by atoms with Gasteiger partial charge in [-0.3, -0.25) is 0 Å². The van der Waals surface area contributed by atoms with Crippen molar-refractivity contribution in [3.8, 4) is 0 Å². The van der Waals surface area contributed by atoms with Crippen LogP contribution in [-0.2, 0) is 6.54 Å². The molecule has 1 rings (SSSR count). The van der Waals surface area contributed by atoms with Gasteiger partial charge in [0.05, 0.1) is 0 Å². The van der Waals surface area contributed by atoms with E-state index in [0.29, 0.717) is 12.5 Å². The van der Waals surface area contributed by atoms with Crippen LogP contribution in [-0.4, -0.2) is 18.3 Å². The van der Waals surface area contributed by atoms with Crippen LogP contribution in [0, 0.1) is 19.8 Å². The van der Waals surface area contributed by atoms with Crippen molar-refractivity contribution in [3.63, 3.8) is 0 Å². The lowest BCUT2D eigenvalue weighted by molar-refractivity contribution is 0.228. The molecule has 0 heterocycles. The second-order valence-corrected chi connectivity index (χ2v) is 5.03. The first-order valence-corrected chi connectivity index (χ1v) is 6.51. The molecule has 2 heteroatoms. The van der Waals surface area contributed by atoms with Crippen LogP contribution in [0.2, 0.25) is 0 Å². The molecule has 0 amide bonds. The number of rotatable bonds is 7. The van der Waals surface area contributed by atoms with E-state index in [9.17, 15) is 0 Å². The summed E-state index contributed by atoms with van der Waals surface area (Å²) in [4.78, 5) is 0. The fraction of sp³-hybridized carbons (Fsp3) is 0.600. The standard InChI is InChI=1S/C15H25NO/c1-12(11-17)5-4-8-16-10-15-7-6-13(2)14(3)9-15/h6-7,9,12,16-17H,4-5,8,10-11H2,1-3H3. The smallest absolute Gasteiger partial charge is 0.0456 e. The monoisotopic (exact) mass is 235 g/mol. The van der Waals surface area contributed by atoms with Gasteiger partial charge in [0.1, 0.15) is 0 Å². The molecule has 0 saturated carbocycles. The summed E-state index contributed by atoms with van der Waals surface area (Å²) in [6.45, 7) is 8.65. The molecule has 1 atom stereocenters. The highest BCUT2D eigenvalue weighted by molar-refractivity contribution is 5.29. The van der Waals surface area contributed by atoms with E-state index >= 15 is 0 Å². The summed E-state index contributed by atoms with van der Waals surface area (Å²) in [6, 6.07) is 6.62. The van der Waals surface area contributed by atoms with Gasteiger partial charge in [-0.25, -0.2) is 0 Å². The van der Waals surface area contributed by atoms with E-state index in [1.807, 2.05) is 0 Å². The van der Waals surface area contributed by atoms with Crippen LogP contribution >= 0.6 is 0 Å². The quantitative estimate of drug-likeness (QED) is 0.712. The fourth-order valence-corrected chi connectivity index (χ4v) is 1.81. The van der Waals surface area contributed by atoms with Gasteiger partial charge in [-0.2, -0.15) is 0 Å². The minimum Gasteiger partial charge on any atom is -0.396 e. The van der Waals surface area contributed by atoms with Crippen LogP contribution in [0.5, 0.6) is 0 Å². The lowest BCUT2D eigenvalue weighted by atomic mass is 10.1. The Morgan fingerprint density at radius 3 is 2.65 bits per heavy atom. The van der Waals surface area contributed by atoms with Gasteiger partial charge in [0.2, 0.25) is 0 Å². The molecular weight excluding hydrogens is 210 g/mol. The zero-order valence-electron chi connectivity index (χ0n) is 11.3. The van der Waals surface area contributed by atoms with Crippen LogP contribution < -0.4 is 5.32 Å². The minimum absolute atomic E-state index is 0.303. The van der Waals surface area contributed by atoms with Gasteiger partial charge in [0.15, 0.2) is 0 Å². The third kappa shape index (κ3) is 5.33. The van der Waals surface area contributed by atoms with E-state index in [1.165, 1.54) is 16.7 Å². The summed E-state index contributed by atoms with van der Waals surface area (Å²) < 4.78 is 0. The van der Waals surface area contributed by atoms with Gasteiger partial charge < -0.3 is 10.4 Å². The first-order chi connectivity index (χ1) is 8.13. The number of aryl methyl sites for hydroxylation is 2. The molecular formula is C15H25NO. The molecule has 1 unspecified atom stereocenters. The molecule has 2 N–H and O–H groups in total. The average Bonchev–Trinajstić information content (AvgIpc) is 2.33. The van der Waals surface area contributed by atoms with Crippen molar-refractivity contribution in [2.75, 3.05) is 13.2 Å². The Kier molecular flexibility index (Phi) is 6.23. The molecule has 0 aromatic heterocycles. The van der Waals surface area contributed by atoms with Crippen molar-refractivity contribution in [1.29, 1.82) is 0 Å². The van der Waals surface area contributed by atoms with Crippen LogP contribution in [0.1, 0.15) is 36.5 Å². The lowest BCUT2D eigenvalue weighted by Crippen LogP contribution is -2.16. The van der Waals surface area contributed by atoms with Crippen LogP contribution in [0.15, 0.2) is 18.2 Å². The molecule has 1 aromatic rings. The normalized spacial score (nSPS) is 12.7. The molecule has 0 radical (unpaired) electrons. The van der Waals surface area contributed by atoms with Crippen LogP contribution in [0.25, 0.3) is 0 Å². The van der Waals surface area contributed by atoms with Crippen LogP contribution in [0.4, 0.5) is 0 Å². The fourth-order valence-electron chi connectivity index (χ4n) is 1.81. The number of hydrogen-bond donors (Lipinski definition) is 2. The topological polar surface area (TPSA) is 32.3 Å². The zero-order valence-corrected chi connectivity index (χ0v) is 11.3. The predicted molar refractivity (Wildman–Crippen MR) is 73.1 cm³/mol. The van der Waals surface area contributed by atoms with Gasteiger partial charge in [-0.1, -0.05) is 25.1 Å². The molecule has 0 saturated heterocycles. The molecule has 0 spiro atoms. The molecule has 0 bridgehead atoms. The maximum Gasteiger partial charge on any atom is 0.0456 e. The summed E-state index contributed by atoms with van der Waals surface area (Å²) in [5.74, 6) is 0.429. The average molecular weight is 235 g/mol. The molecule has 96 valence electrons. The summed E-state index contributed by atoms with van der Waals surface area (Å²) >= 11 is 0. The van der Waals surface area contributed by atoms with Gasteiger partial charge in [0, 0.05) is 13.2 Å². The summed E-state index contributed by atoms with van der Waals surface area (Å²) in [6.07, 6.45) is 2.23. The summed E-state index contributed by atoms with van der Waals surface area (Å²) in [7, 11) is 0. The van der Waals surface area contributed by atoms with E-state index in [4.69, 9.17) is 5.11 Å². The second-order valence-electron chi connectivity index (χ2n) is 5.03. The highest BCUT2D eigenvalue weighted by Gasteiger charge is 1.99. The van der Waals surface area contributed by atoms with Gasteiger partial charge >= 0.3 is 0 Å². The Morgan fingerprint density at radius 2 is 2.00 bits per heavy atom. The molecule has 0 aliphatic heterocycles. The predicted octanol–water partition coefficient (Wildman–Crippen LogP) is 2.80. The third-order valence-electron chi connectivity index (χ3n) is 3.26. The largest absolute Gasteiger partial charge is 0.396 e. The third-order valence-corrected chi connectivity index (χ3v) is 3.26. The zero-order chi connectivity index (χ0) is 12.7. The van der Waals surface area contributed by atoms with Crippen molar-refractivity contribution in [1.82, 2.24) is 5.32 Å². The second kappa shape index (κ2) is 7.46. The molecule has 2 nitrogen and oxygen atoms in total. The lowest BCUT2D eigenvalue weighted by Gasteiger charge is -2.09. The first kappa shape index (κ1) is 14.2. The highest BCUT2D eigenvalue weighted by Crippen LogP contribution is 2.09. The Labute approximate surface area is 105 Å². The van der Waals surface area contributed by atoms with E-state index in [1.54, 1.807) is 0 Å². The summed E-state index contributed by atoms with van der Waals surface area (Å²) in [5, 5.41) is 12.4. The van der Waals surface area contributed by atoms with Crippen molar-refractivity contribution >= 4 is 0 Å². The van der Waals surface area contributed by atoms with Crippen molar-refractivity contribution in [2.45, 2.75) is 40.2 Å². The van der Waals surface area contributed by atoms with Crippen LogP contribution in [0.3, 0.4) is 0 Å². The number of hydrogen-bond acceptors (Lipinski definition) is 2. The Balaban J connectivity index is 2.20. The van der Waals surface area contributed by atoms with E-state index in [2.05, 4.69) is 44.3 Å². The van der Waals surface area contributed by atoms with Crippen molar-refractivity contribution in [3.05, 3.63) is 34.9 Å². The Bertz CT molecular complexity index is 336. The summed E-state index contributed by atoms with van der Waals surface area (Å²) in [5.41, 5.74) is 4.06. The van der Waals surface area contributed by atoms with Crippen molar-refractivity contribution < 1.29 is 5.11 Å². The number of aliphatic hydroxyl groups excluding tert-OH is 1. The highest BCUT2D eigenvalue weighted by atomic mass is 16.3.